The lowest BCUT2D eigenvalue weighted by Gasteiger charge is -2.26. The van der Waals surface area contributed by atoms with Gasteiger partial charge in [0.25, 0.3) is 5.91 Å². The van der Waals surface area contributed by atoms with Crippen LogP contribution >= 0.6 is 0 Å². The van der Waals surface area contributed by atoms with Gasteiger partial charge in [0, 0.05) is 30.4 Å². The van der Waals surface area contributed by atoms with Gasteiger partial charge in [0.05, 0.1) is 4.90 Å². The maximum absolute atomic E-state index is 12.8. The van der Waals surface area contributed by atoms with Crippen LogP contribution in [0.3, 0.4) is 0 Å². The molecule has 1 aliphatic heterocycles. The summed E-state index contributed by atoms with van der Waals surface area (Å²) in [5.74, 6) is 0.141. The van der Waals surface area contributed by atoms with Gasteiger partial charge in [0.1, 0.15) is 0 Å². The zero-order chi connectivity index (χ0) is 18.1. The van der Waals surface area contributed by atoms with Crippen molar-refractivity contribution in [1.82, 2.24) is 14.5 Å². The summed E-state index contributed by atoms with van der Waals surface area (Å²) in [6.07, 6.45) is 5.09. The number of hydrogen-bond acceptors (Lipinski definition) is 4. The first kappa shape index (κ1) is 17.2. The lowest BCUT2D eigenvalue weighted by atomic mass is 10.2. The summed E-state index contributed by atoms with van der Waals surface area (Å²) >= 11 is 0. The van der Waals surface area contributed by atoms with Gasteiger partial charge in [-0.2, -0.15) is 9.40 Å². The number of piperidine rings is 1. The summed E-state index contributed by atoms with van der Waals surface area (Å²) in [6, 6.07) is 8.17. The van der Waals surface area contributed by atoms with Crippen LogP contribution in [0.5, 0.6) is 0 Å². The fourth-order valence-corrected chi connectivity index (χ4v) is 4.80. The smallest absolute Gasteiger partial charge is 0.276 e. The van der Waals surface area contributed by atoms with E-state index < -0.39 is 10.0 Å². The number of carbonyl (C=O) groups excluding carboxylic acids is 1. The zero-order valence-corrected chi connectivity index (χ0v) is 15.3. The standard InChI is InChI=1S/C18H22N4O3S/c23-18(17-12-16(20-21-17)13-7-8-13)19-14-5-4-6-15(11-14)26(24,25)22-9-2-1-3-10-22/h4-6,11-13H,1-3,7-10H2,(H,19,23)(H,20,21). The van der Waals surface area contributed by atoms with Gasteiger partial charge < -0.3 is 5.32 Å². The number of aromatic nitrogens is 2. The summed E-state index contributed by atoms with van der Waals surface area (Å²) in [7, 11) is -3.52. The molecular formula is C18H22N4O3S. The summed E-state index contributed by atoms with van der Waals surface area (Å²) in [6.45, 7) is 1.10. The third-order valence-corrected chi connectivity index (χ3v) is 6.79. The van der Waals surface area contributed by atoms with Gasteiger partial charge in [0.2, 0.25) is 10.0 Å². The summed E-state index contributed by atoms with van der Waals surface area (Å²) in [4.78, 5) is 12.6. The van der Waals surface area contributed by atoms with Crippen LogP contribution in [0.1, 0.15) is 54.2 Å². The molecule has 2 N–H and O–H groups in total. The highest BCUT2D eigenvalue weighted by molar-refractivity contribution is 7.89. The van der Waals surface area contributed by atoms with Crippen molar-refractivity contribution in [3.63, 3.8) is 0 Å². The van der Waals surface area contributed by atoms with E-state index in [2.05, 4.69) is 15.5 Å². The fraction of sp³-hybridized carbons (Fsp3) is 0.444. The first-order valence-corrected chi connectivity index (χ1v) is 10.4. The highest BCUT2D eigenvalue weighted by Crippen LogP contribution is 2.39. The molecule has 1 aromatic heterocycles. The van der Waals surface area contributed by atoms with E-state index in [0.717, 1.165) is 37.8 Å². The Labute approximate surface area is 152 Å². The second kappa shape index (κ2) is 6.85. The summed E-state index contributed by atoms with van der Waals surface area (Å²) in [5, 5.41) is 9.70. The molecule has 0 atom stereocenters. The SMILES string of the molecule is O=C(Nc1cccc(S(=O)(=O)N2CCCCC2)c1)c1cc(C2CC2)[nH]n1. The largest absolute Gasteiger partial charge is 0.321 e. The number of nitrogens with one attached hydrogen (secondary N) is 2. The maximum Gasteiger partial charge on any atom is 0.276 e. The second-order valence-electron chi connectivity index (χ2n) is 6.93. The van der Waals surface area contributed by atoms with Gasteiger partial charge in [-0.25, -0.2) is 8.42 Å². The molecule has 2 aromatic rings. The third-order valence-electron chi connectivity index (χ3n) is 4.89. The van der Waals surface area contributed by atoms with Crippen LogP contribution in [0.4, 0.5) is 5.69 Å². The minimum atomic E-state index is -3.52. The van der Waals surface area contributed by atoms with Crippen molar-refractivity contribution in [2.75, 3.05) is 18.4 Å². The van der Waals surface area contributed by atoms with Crippen LogP contribution in [0.15, 0.2) is 35.2 Å². The lowest BCUT2D eigenvalue weighted by molar-refractivity contribution is 0.102. The first-order valence-electron chi connectivity index (χ1n) is 9.01. The summed E-state index contributed by atoms with van der Waals surface area (Å²) in [5.41, 5.74) is 1.75. The van der Waals surface area contributed by atoms with E-state index in [1.807, 2.05) is 0 Å². The Morgan fingerprint density at radius 2 is 1.92 bits per heavy atom. The minimum Gasteiger partial charge on any atom is -0.321 e. The predicted octanol–water partition coefficient (Wildman–Crippen LogP) is 2.71. The Balaban J connectivity index is 1.50. The van der Waals surface area contributed by atoms with Gasteiger partial charge in [-0.05, 0) is 49.9 Å². The zero-order valence-electron chi connectivity index (χ0n) is 14.4. The molecule has 1 saturated carbocycles. The summed E-state index contributed by atoms with van der Waals surface area (Å²) < 4.78 is 27.1. The average molecular weight is 374 g/mol. The number of rotatable bonds is 5. The molecular weight excluding hydrogens is 352 g/mol. The lowest BCUT2D eigenvalue weighted by Crippen LogP contribution is -2.35. The third kappa shape index (κ3) is 3.52. The molecule has 4 rings (SSSR count). The number of amides is 1. The fourth-order valence-electron chi connectivity index (χ4n) is 3.24. The van der Waals surface area contributed by atoms with E-state index in [-0.39, 0.29) is 10.8 Å². The van der Waals surface area contributed by atoms with Gasteiger partial charge in [0.15, 0.2) is 5.69 Å². The number of carbonyl (C=O) groups is 1. The van der Waals surface area contributed by atoms with E-state index in [1.165, 1.54) is 10.4 Å². The van der Waals surface area contributed by atoms with Gasteiger partial charge in [-0.1, -0.05) is 12.5 Å². The minimum absolute atomic E-state index is 0.206. The molecule has 2 fully saturated rings. The molecule has 1 aromatic carbocycles. The molecule has 1 amide bonds. The van der Waals surface area contributed by atoms with E-state index >= 15 is 0 Å². The number of nitrogens with zero attached hydrogens (tertiary/aromatic N) is 2. The van der Waals surface area contributed by atoms with Crippen molar-refractivity contribution in [2.45, 2.75) is 42.9 Å². The number of H-pyrrole nitrogens is 1. The van der Waals surface area contributed by atoms with E-state index in [4.69, 9.17) is 0 Å². The maximum atomic E-state index is 12.8. The number of benzene rings is 1. The highest BCUT2D eigenvalue weighted by atomic mass is 32.2. The van der Waals surface area contributed by atoms with Crippen molar-refractivity contribution >= 4 is 21.6 Å². The molecule has 2 heterocycles. The Hall–Kier alpha value is -2.19. The molecule has 26 heavy (non-hydrogen) atoms. The topological polar surface area (TPSA) is 95.2 Å². The van der Waals surface area contributed by atoms with Gasteiger partial charge in [-0.15, -0.1) is 0 Å². The molecule has 2 aliphatic rings. The monoisotopic (exact) mass is 374 g/mol. The van der Waals surface area contributed by atoms with Crippen molar-refractivity contribution in [3.05, 3.63) is 41.7 Å². The van der Waals surface area contributed by atoms with Crippen molar-refractivity contribution in [2.24, 2.45) is 0 Å². The van der Waals surface area contributed by atoms with Crippen molar-refractivity contribution in [3.8, 4) is 0 Å². The second-order valence-corrected chi connectivity index (χ2v) is 8.87. The molecule has 0 unspecified atom stereocenters. The van der Waals surface area contributed by atoms with Gasteiger partial charge in [-0.3, -0.25) is 9.89 Å². The van der Waals surface area contributed by atoms with Crippen molar-refractivity contribution < 1.29 is 13.2 Å². The van der Waals surface area contributed by atoms with Crippen LogP contribution in [0.25, 0.3) is 0 Å². The molecule has 7 nitrogen and oxygen atoms in total. The Morgan fingerprint density at radius 3 is 2.65 bits per heavy atom. The van der Waals surface area contributed by atoms with E-state index in [1.54, 1.807) is 24.3 Å². The van der Waals surface area contributed by atoms with E-state index in [0.29, 0.717) is 30.4 Å². The Bertz CT molecular complexity index is 912. The molecule has 0 bridgehead atoms. The Morgan fingerprint density at radius 1 is 1.15 bits per heavy atom. The molecule has 8 heteroatoms. The molecule has 138 valence electrons. The quantitative estimate of drug-likeness (QED) is 0.841. The number of aromatic amines is 1. The molecule has 1 saturated heterocycles. The van der Waals surface area contributed by atoms with Crippen LogP contribution in [-0.2, 0) is 10.0 Å². The number of sulfonamides is 1. The molecule has 0 radical (unpaired) electrons. The average Bonchev–Trinajstić information content (AvgIpc) is 3.39. The number of hydrogen-bond donors (Lipinski definition) is 2. The van der Waals surface area contributed by atoms with Crippen LogP contribution < -0.4 is 5.32 Å². The highest BCUT2D eigenvalue weighted by Gasteiger charge is 2.27. The Kier molecular flexibility index (Phi) is 4.54. The first-order chi connectivity index (χ1) is 12.5. The molecule has 1 aliphatic carbocycles. The molecule has 0 spiro atoms. The van der Waals surface area contributed by atoms with E-state index in [9.17, 15) is 13.2 Å². The van der Waals surface area contributed by atoms with Crippen LogP contribution in [-0.4, -0.2) is 41.9 Å². The van der Waals surface area contributed by atoms with Gasteiger partial charge >= 0.3 is 0 Å². The van der Waals surface area contributed by atoms with Crippen molar-refractivity contribution in [1.29, 1.82) is 0 Å². The normalized spacial score (nSPS) is 18.6. The van der Waals surface area contributed by atoms with Crippen LogP contribution in [0.2, 0.25) is 0 Å². The van der Waals surface area contributed by atoms with Crippen LogP contribution in [0, 0.1) is 0 Å². The number of anilines is 1. The predicted molar refractivity (Wildman–Crippen MR) is 97.6 cm³/mol.